The highest BCUT2D eigenvalue weighted by molar-refractivity contribution is 6.31. The van der Waals surface area contributed by atoms with Gasteiger partial charge >= 0.3 is 11.9 Å². The van der Waals surface area contributed by atoms with E-state index in [-0.39, 0.29) is 30.9 Å². The van der Waals surface area contributed by atoms with E-state index in [0.717, 1.165) is 87.6 Å². The van der Waals surface area contributed by atoms with Crippen LogP contribution in [0.5, 0.6) is 0 Å². The van der Waals surface area contributed by atoms with Gasteiger partial charge in [0.15, 0.2) is 0 Å². The Kier molecular flexibility index (Phi) is 18.4. The molecule has 0 saturated heterocycles. The van der Waals surface area contributed by atoms with Gasteiger partial charge in [0.25, 0.3) is 0 Å². The van der Waals surface area contributed by atoms with Crippen LogP contribution in [0.3, 0.4) is 0 Å². The zero-order valence-electron chi connectivity index (χ0n) is 33.2. The number of unbranched alkanes of at least 4 members (excludes halogenated alkanes) is 2. The minimum Gasteiger partial charge on any atom is -1.00 e. The molecule has 0 bridgehead atoms. The third-order valence-electron chi connectivity index (χ3n) is 11.7. The Morgan fingerprint density at radius 3 is 1.84 bits per heavy atom. The Labute approximate surface area is 355 Å². The third kappa shape index (κ3) is 12.5. The summed E-state index contributed by atoms with van der Waals surface area (Å²) in [5.41, 5.74) is 6.54. The molecule has 0 saturated carbocycles. The number of rotatable bonds is 16. The van der Waals surface area contributed by atoms with Crippen molar-refractivity contribution in [3.63, 3.8) is 0 Å². The minimum atomic E-state index is -0.721. The van der Waals surface area contributed by atoms with Gasteiger partial charge in [0.1, 0.15) is 12.6 Å². The normalized spacial score (nSPS) is 16.5. The Balaban J connectivity index is 0.000000290. The summed E-state index contributed by atoms with van der Waals surface area (Å²) in [6, 6.07) is 21.2. The van der Waals surface area contributed by atoms with Gasteiger partial charge in [-0.2, -0.15) is 0 Å². The smallest absolute Gasteiger partial charge is 0.309 e. The Hall–Kier alpha value is -2.98. The van der Waals surface area contributed by atoms with Crippen molar-refractivity contribution in [1.29, 1.82) is 0 Å². The number of nitrogens with one attached hydrogen (secondary N) is 3. The van der Waals surface area contributed by atoms with Gasteiger partial charge in [-0.3, -0.25) is 14.5 Å². The Morgan fingerprint density at radius 2 is 1.27 bits per heavy atom. The number of aromatic nitrogens is 2. The van der Waals surface area contributed by atoms with E-state index < -0.39 is 22.8 Å². The quantitative estimate of drug-likeness (QED) is 0.0790. The molecule has 0 spiro atoms. The van der Waals surface area contributed by atoms with Crippen molar-refractivity contribution < 1.29 is 37.1 Å². The molecule has 56 heavy (non-hydrogen) atoms. The number of benzene rings is 2. The Bertz CT molecular complexity index is 1710. The van der Waals surface area contributed by atoms with E-state index >= 15 is 0 Å². The second-order valence-corrected chi connectivity index (χ2v) is 17.3. The maximum Gasteiger partial charge on any atom is 0.309 e. The monoisotopic (exact) mass is 848 g/mol. The first-order chi connectivity index (χ1) is 25.8. The van der Waals surface area contributed by atoms with Gasteiger partial charge in [0.05, 0.1) is 17.4 Å². The van der Waals surface area contributed by atoms with Gasteiger partial charge < -0.3 is 37.5 Å². The fourth-order valence-electron chi connectivity index (χ4n) is 8.04. The summed E-state index contributed by atoms with van der Waals surface area (Å²) in [7, 11) is 0. The first kappa shape index (κ1) is 47.4. The van der Waals surface area contributed by atoms with Crippen LogP contribution in [-0.4, -0.2) is 50.1 Å². The van der Waals surface area contributed by atoms with Crippen LogP contribution in [-0.2, 0) is 35.5 Å². The second-order valence-electron chi connectivity index (χ2n) is 16.5. The average molecular weight is 851 g/mol. The predicted molar refractivity (Wildman–Crippen MR) is 224 cm³/mol. The van der Waals surface area contributed by atoms with Crippen molar-refractivity contribution in [2.75, 3.05) is 13.1 Å². The number of aromatic amines is 2. The highest BCUT2D eigenvalue weighted by atomic mass is 35.5. The molecule has 3 atom stereocenters. The molecule has 0 aliphatic carbocycles. The zero-order valence-corrected chi connectivity index (χ0v) is 36.3. The molecule has 2 aliphatic heterocycles. The topological polar surface area (TPSA) is 114 Å². The van der Waals surface area contributed by atoms with Crippen LogP contribution >= 0.6 is 35.6 Å². The molecule has 0 amide bonds. The van der Waals surface area contributed by atoms with Crippen LogP contribution in [0.15, 0.2) is 73.1 Å². The van der Waals surface area contributed by atoms with E-state index in [1.165, 1.54) is 33.6 Å². The van der Waals surface area contributed by atoms with Crippen LogP contribution in [0.2, 0.25) is 10.0 Å². The number of H-pyrrole nitrogens is 2. The molecule has 2 aliphatic rings. The number of hydrogen-bond donors (Lipinski definition) is 5. The summed E-state index contributed by atoms with van der Waals surface area (Å²) in [4.78, 5) is 33.4. The maximum absolute atomic E-state index is 11.3. The molecular weight excluding hydrogens is 790 g/mol. The number of carboxylic acid groups (broad SMARTS) is 2. The largest absolute Gasteiger partial charge is 1.00 e. The molecule has 2 aromatic carbocycles. The molecule has 3 unspecified atom stereocenters. The van der Waals surface area contributed by atoms with Crippen LogP contribution in [0.1, 0.15) is 125 Å². The van der Waals surface area contributed by atoms with Gasteiger partial charge in [0.2, 0.25) is 0 Å². The molecule has 308 valence electrons. The van der Waals surface area contributed by atoms with Crippen LogP contribution < -0.4 is 17.3 Å². The fraction of sp³-hybridized carbons (Fsp3) is 0.500. The standard InChI is InChI=1S/2C22H29ClN2O2.2ClH/c2*1-22(2,21(26)27)12-6-5-9-20(17-7-3-4-8-18(17)23)25-14-11-19-16(15-25)10-13-24-19;;/h2*3-4,7-8,10,13,20,24H,5-6,9,11-12,14-15H2,1-2H3,(H,26,27);2*1H. The lowest BCUT2D eigenvalue weighted by Gasteiger charge is -2.35. The molecule has 0 radical (unpaired) electrons. The summed E-state index contributed by atoms with van der Waals surface area (Å²) < 4.78 is 0. The van der Waals surface area contributed by atoms with Crippen LogP contribution in [0.4, 0.5) is 0 Å². The second kappa shape index (κ2) is 21.7. The molecule has 2 aromatic heterocycles. The first-order valence-electron chi connectivity index (χ1n) is 19.6. The number of nitrogens with zero attached hydrogens (tertiary/aromatic N) is 1. The van der Waals surface area contributed by atoms with Crippen molar-refractivity contribution in [2.45, 2.75) is 117 Å². The number of aliphatic carboxylic acids is 2. The zero-order chi connectivity index (χ0) is 38.9. The van der Waals surface area contributed by atoms with Gasteiger partial charge in [-0.05, 0) is 88.8 Å². The van der Waals surface area contributed by atoms with Crippen LogP contribution in [0, 0.1) is 10.8 Å². The van der Waals surface area contributed by atoms with Crippen molar-refractivity contribution >= 4 is 47.5 Å². The summed E-state index contributed by atoms with van der Waals surface area (Å²) in [6.07, 6.45) is 13.4. The fourth-order valence-corrected chi connectivity index (χ4v) is 8.57. The third-order valence-corrected chi connectivity index (χ3v) is 12.4. The number of halogens is 4. The number of carboxylic acids is 2. The first-order valence-corrected chi connectivity index (χ1v) is 20.4. The van der Waals surface area contributed by atoms with Crippen molar-refractivity contribution in [2.24, 2.45) is 10.8 Å². The lowest BCUT2D eigenvalue weighted by molar-refractivity contribution is -0.947. The predicted octanol–water partition coefficient (Wildman–Crippen LogP) is 6.89. The molecule has 4 aromatic rings. The average Bonchev–Trinajstić information content (AvgIpc) is 3.82. The maximum atomic E-state index is 11.3. The highest BCUT2D eigenvalue weighted by Gasteiger charge is 2.32. The summed E-state index contributed by atoms with van der Waals surface area (Å²) in [6.45, 7) is 11.3. The molecule has 0 fully saturated rings. The van der Waals surface area contributed by atoms with Crippen molar-refractivity contribution in [1.82, 2.24) is 14.9 Å². The molecular formula is C44H60Cl4N4O4. The van der Waals surface area contributed by atoms with E-state index in [0.29, 0.717) is 18.9 Å². The molecule has 5 N–H and O–H groups in total. The molecule has 12 heteroatoms. The summed E-state index contributed by atoms with van der Waals surface area (Å²) in [5, 5.41) is 20.3. The van der Waals surface area contributed by atoms with E-state index in [1.807, 2.05) is 56.6 Å². The SMILES string of the molecule is CC(C)(CCCCC(c1ccccc1Cl)N1CCc2[nH]ccc2C1)C(=O)O.CC(C)(CCCCC(c1ccccc1Cl)[NH+]1CCc2[nH]ccc2C1)C(=O)O.Cl.[Cl-]. The summed E-state index contributed by atoms with van der Waals surface area (Å²) >= 11 is 13.1. The summed E-state index contributed by atoms with van der Waals surface area (Å²) in [5.74, 6) is -1.44. The van der Waals surface area contributed by atoms with Gasteiger partial charge in [0, 0.05) is 83.3 Å². The molecule has 6 rings (SSSR count). The van der Waals surface area contributed by atoms with Gasteiger partial charge in [-0.15, -0.1) is 12.4 Å². The van der Waals surface area contributed by atoms with E-state index in [9.17, 15) is 19.8 Å². The number of quaternary nitrogens is 1. The number of hydrogen-bond acceptors (Lipinski definition) is 3. The molecule has 8 nitrogen and oxygen atoms in total. The van der Waals surface area contributed by atoms with E-state index in [4.69, 9.17) is 23.2 Å². The van der Waals surface area contributed by atoms with Crippen LogP contribution in [0.25, 0.3) is 0 Å². The number of fused-ring (bicyclic) bond motifs is 2. The van der Waals surface area contributed by atoms with Gasteiger partial charge in [-0.25, -0.2) is 0 Å². The Morgan fingerprint density at radius 1 is 0.750 bits per heavy atom. The van der Waals surface area contributed by atoms with E-state index in [1.54, 1.807) is 18.7 Å². The minimum absolute atomic E-state index is 0. The highest BCUT2D eigenvalue weighted by Crippen LogP contribution is 2.36. The molecule has 4 heterocycles. The van der Waals surface area contributed by atoms with Crippen molar-refractivity contribution in [3.8, 4) is 0 Å². The van der Waals surface area contributed by atoms with E-state index in [2.05, 4.69) is 45.2 Å². The number of carbonyl (C=O) groups is 2. The lowest BCUT2D eigenvalue weighted by Crippen LogP contribution is -3.12. The lowest BCUT2D eigenvalue weighted by atomic mass is 9.86. The van der Waals surface area contributed by atoms with Crippen molar-refractivity contribution in [3.05, 3.63) is 117 Å². The van der Waals surface area contributed by atoms with Gasteiger partial charge in [-0.1, -0.05) is 78.9 Å².